The van der Waals surface area contributed by atoms with Crippen LogP contribution >= 0.6 is 11.8 Å². The fourth-order valence-electron chi connectivity index (χ4n) is 3.42. The van der Waals surface area contributed by atoms with Crippen molar-refractivity contribution in [2.45, 2.75) is 36.5 Å². The summed E-state index contributed by atoms with van der Waals surface area (Å²) in [5.74, 6) is 0.513. The van der Waals surface area contributed by atoms with Gasteiger partial charge in [0.15, 0.2) is 0 Å². The third kappa shape index (κ3) is 4.09. The molecule has 0 aliphatic carbocycles. The lowest BCUT2D eigenvalue weighted by Gasteiger charge is -2.21. The lowest BCUT2D eigenvalue weighted by Crippen LogP contribution is -2.06. The molecule has 1 unspecified atom stereocenters. The normalized spacial score (nSPS) is 12.6. The first kappa shape index (κ1) is 17.9. The fourth-order valence-corrected chi connectivity index (χ4v) is 4.86. The number of fused-ring (bicyclic) bond motifs is 1. The average molecular weight is 373 g/mol. The summed E-state index contributed by atoms with van der Waals surface area (Å²) in [6.07, 6.45) is 5.80. The molecule has 0 spiro atoms. The minimum atomic E-state index is 0.323. The van der Waals surface area contributed by atoms with E-state index in [2.05, 4.69) is 90.1 Å². The largest absolute Gasteiger partial charge is 0.336 e. The first-order valence-corrected chi connectivity index (χ1v) is 10.3. The first-order chi connectivity index (χ1) is 13.2. The SMILES string of the molecule is CC(C)c1ccccc1SC(Cn1ccnc1)c1ccc2ccccc2c1. The van der Waals surface area contributed by atoms with Gasteiger partial charge in [-0.05, 0) is 39.9 Å². The number of benzene rings is 3. The van der Waals surface area contributed by atoms with Gasteiger partial charge in [-0.3, -0.25) is 0 Å². The van der Waals surface area contributed by atoms with Gasteiger partial charge in [0.2, 0.25) is 0 Å². The Labute approximate surface area is 165 Å². The number of imidazole rings is 1. The van der Waals surface area contributed by atoms with E-state index in [1.165, 1.54) is 26.8 Å². The molecule has 0 bridgehead atoms. The van der Waals surface area contributed by atoms with Crippen LogP contribution in [0.2, 0.25) is 0 Å². The Morgan fingerprint density at radius 2 is 1.70 bits per heavy atom. The molecular formula is C24H24N2S. The van der Waals surface area contributed by atoms with Crippen molar-refractivity contribution >= 4 is 22.5 Å². The van der Waals surface area contributed by atoms with E-state index in [1.54, 1.807) is 0 Å². The van der Waals surface area contributed by atoms with Gasteiger partial charge in [0.25, 0.3) is 0 Å². The predicted molar refractivity (Wildman–Crippen MR) is 115 cm³/mol. The van der Waals surface area contributed by atoms with Crippen LogP contribution in [-0.2, 0) is 6.54 Å². The van der Waals surface area contributed by atoms with Crippen LogP contribution in [0.1, 0.15) is 36.1 Å². The smallest absolute Gasteiger partial charge is 0.0946 e. The predicted octanol–water partition coefficient (Wildman–Crippen LogP) is 6.69. The zero-order valence-corrected chi connectivity index (χ0v) is 16.6. The van der Waals surface area contributed by atoms with E-state index in [-0.39, 0.29) is 0 Å². The molecule has 27 heavy (non-hydrogen) atoms. The first-order valence-electron chi connectivity index (χ1n) is 9.41. The van der Waals surface area contributed by atoms with E-state index >= 15 is 0 Å². The summed E-state index contributed by atoms with van der Waals surface area (Å²) in [4.78, 5) is 5.59. The molecule has 2 nitrogen and oxygen atoms in total. The summed E-state index contributed by atoms with van der Waals surface area (Å²) in [7, 11) is 0. The maximum Gasteiger partial charge on any atom is 0.0946 e. The van der Waals surface area contributed by atoms with E-state index in [9.17, 15) is 0 Å². The molecule has 1 aromatic heterocycles. The Bertz CT molecular complexity index is 1020. The molecule has 0 saturated heterocycles. The van der Waals surface area contributed by atoms with Crippen LogP contribution in [0.15, 0.2) is 90.3 Å². The van der Waals surface area contributed by atoms with Crippen LogP contribution in [0.25, 0.3) is 10.8 Å². The van der Waals surface area contributed by atoms with Crippen molar-refractivity contribution in [3.63, 3.8) is 0 Å². The van der Waals surface area contributed by atoms with Gasteiger partial charge in [0, 0.05) is 23.8 Å². The summed E-state index contributed by atoms with van der Waals surface area (Å²) >= 11 is 1.95. The second-order valence-electron chi connectivity index (χ2n) is 7.17. The van der Waals surface area contributed by atoms with Crippen molar-refractivity contribution in [2.75, 3.05) is 0 Å². The van der Waals surface area contributed by atoms with Crippen molar-refractivity contribution < 1.29 is 0 Å². The van der Waals surface area contributed by atoms with E-state index in [1.807, 2.05) is 30.5 Å². The molecule has 3 aromatic carbocycles. The molecule has 1 atom stereocenters. The number of rotatable bonds is 6. The number of hydrogen-bond donors (Lipinski definition) is 0. The summed E-state index contributed by atoms with van der Waals surface area (Å²) in [6, 6.07) is 24.2. The van der Waals surface area contributed by atoms with Crippen molar-refractivity contribution in [2.24, 2.45) is 0 Å². The molecule has 1 heterocycles. The molecule has 136 valence electrons. The van der Waals surface area contributed by atoms with Gasteiger partial charge >= 0.3 is 0 Å². The Hall–Kier alpha value is -2.52. The Morgan fingerprint density at radius 3 is 2.48 bits per heavy atom. The second kappa shape index (κ2) is 8.01. The lowest BCUT2D eigenvalue weighted by atomic mass is 10.0. The Balaban J connectivity index is 1.72. The van der Waals surface area contributed by atoms with Crippen LogP contribution in [0.4, 0.5) is 0 Å². The molecule has 0 amide bonds. The van der Waals surface area contributed by atoms with Crippen molar-refractivity contribution in [1.82, 2.24) is 9.55 Å². The zero-order valence-electron chi connectivity index (χ0n) is 15.7. The molecule has 3 heteroatoms. The van der Waals surface area contributed by atoms with Gasteiger partial charge in [-0.1, -0.05) is 68.4 Å². The van der Waals surface area contributed by atoms with E-state index in [0.29, 0.717) is 11.2 Å². The van der Waals surface area contributed by atoms with Gasteiger partial charge < -0.3 is 4.57 Å². The number of thioether (sulfide) groups is 1. The summed E-state index contributed by atoms with van der Waals surface area (Å²) < 4.78 is 2.17. The zero-order chi connectivity index (χ0) is 18.6. The van der Waals surface area contributed by atoms with Gasteiger partial charge in [-0.15, -0.1) is 11.8 Å². The maximum absolute atomic E-state index is 4.23. The monoisotopic (exact) mass is 372 g/mol. The third-order valence-corrected chi connectivity index (χ3v) is 6.22. The van der Waals surface area contributed by atoms with Gasteiger partial charge in [-0.25, -0.2) is 4.98 Å². The Kier molecular flexibility index (Phi) is 5.30. The molecule has 0 aliphatic heterocycles. The molecule has 0 aliphatic rings. The van der Waals surface area contributed by atoms with Crippen LogP contribution in [0.3, 0.4) is 0 Å². The molecule has 0 radical (unpaired) electrons. The average Bonchev–Trinajstić information content (AvgIpc) is 3.20. The third-order valence-electron chi connectivity index (χ3n) is 4.89. The van der Waals surface area contributed by atoms with Gasteiger partial charge in [0.05, 0.1) is 11.6 Å². The highest BCUT2D eigenvalue weighted by Gasteiger charge is 2.17. The van der Waals surface area contributed by atoms with Crippen LogP contribution in [0.5, 0.6) is 0 Å². The van der Waals surface area contributed by atoms with Gasteiger partial charge in [0.1, 0.15) is 0 Å². The number of aromatic nitrogens is 2. The highest BCUT2D eigenvalue weighted by molar-refractivity contribution is 7.99. The van der Waals surface area contributed by atoms with E-state index in [0.717, 1.165) is 6.54 Å². The van der Waals surface area contributed by atoms with Crippen LogP contribution in [-0.4, -0.2) is 9.55 Å². The quantitative estimate of drug-likeness (QED) is 0.351. The summed E-state index contributed by atoms with van der Waals surface area (Å²) in [5, 5.41) is 2.90. The Morgan fingerprint density at radius 1 is 0.926 bits per heavy atom. The maximum atomic E-state index is 4.23. The molecular weight excluding hydrogens is 348 g/mol. The molecule has 0 saturated carbocycles. The van der Waals surface area contributed by atoms with E-state index in [4.69, 9.17) is 0 Å². The van der Waals surface area contributed by atoms with Crippen molar-refractivity contribution in [1.29, 1.82) is 0 Å². The minimum Gasteiger partial charge on any atom is -0.336 e. The molecule has 0 fully saturated rings. The number of hydrogen-bond acceptors (Lipinski definition) is 2. The van der Waals surface area contributed by atoms with Crippen molar-refractivity contribution in [3.8, 4) is 0 Å². The number of nitrogens with zero attached hydrogens (tertiary/aromatic N) is 2. The standard InChI is InChI=1S/C24H24N2S/c1-18(2)22-9-5-6-10-23(22)27-24(16-26-14-13-25-17-26)21-12-11-19-7-3-4-8-20(19)15-21/h3-15,17-18,24H,16H2,1-2H3. The molecule has 4 aromatic rings. The highest BCUT2D eigenvalue weighted by atomic mass is 32.2. The van der Waals surface area contributed by atoms with Crippen molar-refractivity contribution in [3.05, 3.63) is 96.6 Å². The lowest BCUT2D eigenvalue weighted by molar-refractivity contribution is 0.683. The molecule has 0 N–H and O–H groups in total. The second-order valence-corrected chi connectivity index (χ2v) is 8.41. The van der Waals surface area contributed by atoms with Crippen LogP contribution < -0.4 is 0 Å². The van der Waals surface area contributed by atoms with Gasteiger partial charge in [-0.2, -0.15) is 0 Å². The fraction of sp³-hybridized carbons (Fsp3) is 0.208. The highest BCUT2D eigenvalue weighted by Crippen LogP contribution is 2.40. The summed E-state index contributed by atoms with van der Waals surface area (Å²) in [6.45, 7) is 5.43. The minimum absolute atomic E-state index is 0.323. The van der Waals surface area contributed by atoms with E-state index < -0.39 is 0 Å². The van der Waals surface area contributed by atoms with Crippen LogP contribution in [0, 0.1) is 0 Å². The topological polar surface area (TPSA) is 17.8 Å². The summed E-state index contributed by atoms with van der Waals surface area (Å²) in [5.41, 5.74) is 2.77. The molecule has 4 rings (SSSR count).